The number of ether oxygens (including phenoxy) is 2. The van der Waals surface area contributed by atoms with Crippen LogP contribution in [0.1, 0.15) is 37.0 Å². The number of carbonyl (C=O) groups is 3. The molecule has 2 heterocycles. The molecule has 0 aliphatic carbocycles. The van der Waals surface area contributed by atoms with Gasteiger partial charge in [-0.15, -0.1) is 0 Å². The van der Waals surface area contributed by atoms with Gasteiger partial charge in [0.2, 0.25) is 11.8 Å². The molecule has 10 nitrogen and oxygen atoms in total. The molecule has 0 saturated heterocycles. The van der Waals surface area contributed by atoms with E-state index < -0.39 is 35.9 Å². The second kappa shape index (κ2) is 11.8. The molecule has 39 heavy (non-hydrogen) atoms. The van der Waals surface area contributed by atoms with E-state index in [-0.39, 0.29) is 31.7 Å². The molecule has 0 unspecified atom stereocenters. The number of benzene rings is 2. The van der Waals surface area contributed by atoms with Crippen LogP contribution in [-0.4, -0.2) is 65.1 Å². The minimum Gasteiger partial charge on any atom is -0.496 e. The first kappa shape index (κ1) is 28.0. The first-order chi connectivity index (χ1) is 18.6. The molecular weight excluding hydrogens is 500 g/mol. The second-order valence-electron chi connectivity index (χ2n) is 10.3. The van der Waals surface area contributed by atoms with Gasteiger partial charge < -0.3 is 35.5 Å². The van der Waals surface area contributed by atoms with Gasteiger partial charge in [-0.25, -0.2) is 4.79 Å². The number of hydrogen-bond acceptors (Lipinski definition) is 6. The quantitative estimate of drug-likeness (QED) is 0.311. The molecule has 10 heteroatoms. The van der Waals surface area contributed by atoms with Crippen molar-refractivity contribution in [3.8, 4) is 11.5 Å². The highest BCUT2D eigenvalue weighted by Gasteiger charge is 2.40. The van der Waals surface area contributed by atoms with Crippen LogP contribution in [0.4, 0.5) is 0 Å². The first-order valence-electron chi connectivity index (χ1n) is 13.0. The average molecular weight is 537 g/mol. The van der Waals surface area contributed by atoms with Gasteiger partial charge in [0.1, 0.15) is 23.6 Å². The SMILES string of the molecule is COc1ccc(OC)c2c1C[C@@H](C(=O)N[C@@H](CC(C)C)C(=O)O)N(C(=O)[C@@H](N)Cc1c[nH]c3ccccc13)C2. The topological polar surface area (TPSA) is 147 Å². The number of nitrogens with one attached hydrogen (secondary N) is 2. The third-order valence-electron chi connectivity index (χ3n) is 7.23. The smallest absolute Gasteiger partial charge is 0.326 e. The molecule has 4 rings (SSSR count). The Morgan fingerprint density at radius 2 is 1.77 bits per heavy atom. The van der Waals surface area contributed by atoms with Crippen LogP contribution >= 0.6 is 0 Å². The maximum atomic E-state index is 13.9. The Bertz CT molecular complexity index is 1370. The molecule has 1 aliphatic rings. The summed E-state index contributed by atoms with van der Waals surface area (Å²) < 4.78 is 11.1. The fourth-order valence-electron chi connectivity index (χ4n) is 5.28. The lowest BCUT2D eigenvalue weighted by atomic mass is 9.90. The fourth-order valence-corrected chi connectivity index (χ4v) is 5.28. The molecular formula is C29H36N4O6. The Labute approximate surface area is 227 Å². The lowest BCUT2D eigenvalue weighted by Crippen LogP contribution is -2.58. The summed E-state index contributed by atoms with van der Waals surface area (Å²) in [5, 5.41) is 13.3. The number of fused-ring (bicyclic) bond motifs is 2. The molecule has 3 atom stereocenters. The molecule has 0 radical (unpaired) electrons. The molecule has 0 fully saturated rings. The van der Waals surface area contributed by atoms with Gasteiger partial charge in [-0.1, -0.05) is 32.0 Å². The van der Waals surface area contributed by atoms with Gasteiger partial charge in [0.05, 0.1) is 26.8 Å². The number of nitrogens with two attached hydrogens (primary N) is 1. The molecule has 3 aromatic rings. The first-order valence-corrected chi connectivity index (χ1v) is 13.0. The molecule has 5 N–H and O–H groups in total. The number of aromatic nitrogens is 1. The maximum Gasteiger partial charge on any atom is 0.326 e. The number of amides is 2. The van der Waals surface area contributed by atoms with Crippen molar-refractivity contribution < 1.29 is 29.0 Å². The largest absolute Gasteiger partial charge is 0.496 e. The summed E-state index contributed by atoms with van der Waals surface area (Å²) in [5.41, 5.74) is 9.77. The zero-order valence-electron chi connectivity index (χ0n) is 22.7. The van der Waals surface area contributed by atoms with Crippen molar-refractivity contribution in [1.29, 1.82) is 0 Å². The number of nitrogens with zero attached hydrogens (tertiary/aromatic N) is 1. The van der Waals surface area contributed by atoms with Crippen LogP contribution in [0.2, 0.25) is 0 Å². The number of para-hydroxylation sites is 1. The minimum absolute atomic E-state index is 0.0465. The van der Waals surface area contributed by atoms with E-state index in [0.29, 0.717) is 11.5 Å². The fraction of sp³-hybridized carbons (Fsp3) is 0.414. The van der Waals surface area contributed by atoms with E-state index in [0.717, 1.165) is 27.6 Å². The maximum absolute atomic E-state index is 13.9. The third-order valence-corrected chi connectivity index (χ3v) is 7.23. The zero-order valence-corrected chi connectivity index (χ0v) is 22.7. The van der Waals surface area contributed by atoms with Crippen LogP contribution in [0.25, 0.3) is 10.9 Å². The highest BCUT2D eigenvalue weighted by Crippen LogP contribution is 2.37. The summed E-state index contributed by atoms with van der Waals surface area (Å²) in [5.74, 6) is -0.906. The molecule has 1 aliphatic heterocycles. The Kier molecular flexibility index (Phi) is 8.44. The van der Waals surface area contributed by atoms with E-state index in [1.54, 1.807) is 19.2 Å². The van der Waals surface area contributed by atoms with E-state index in [2.05, 4.69) is 10.3 Å². The Morgan fingerprint density at radius 1 is 1.10 bits per heavy atom. The molecule has 0 bridgehead atoms. The van der Waals surface area contributed by atoms with Crippen molar-refractivity contribution in [3.63, 3.8) is 0 Å². The Balaban J connectivity index is 1.67. The number of aliphatic carboxylic acids is 1. The van der Waals surface area contributed by atoms with Crippen LogP contribution in [0.5, 0.6) is 11.5 Å². The highest BCUT2D eigenvalue weighted by atomic mass is 16.5. The predicted octanol–water partition coefficient (Wildman–Crippen LogP) is 2.62. The van der Waals surface area contributed by atoms with Gasteiger partial charge in [-0.2, -0.15) is 0 Å². The average Bonchev–Trinajstić information content (AvgIpc) is 3.33. The number of carboxylic acid groups (broad SMARTS) is 1. The highest BCUT2D eigenvalue weighted by molar-refractivity contribution is 5.93. The van der Waals surface area contributed by atoms with Gasteiger partial charge in [0.25, 0.3) is 0 Å². The number of rotatable bonds is 10. The van der Waals surface area contributed by atoms with Gasteiger partial charge in [0, 0.05) is 34.6 Å². The standard InChI is InChI=1S/C29H36N4O6/c1-16(2)11-23(29(36)37)32-27(34)24-13-19-20(26(39-4)10-9-25(19)38-3)15-33(24)28(35)21(30)12-17-14-31-22-8-6-5-7-18(17)22/h5-10,14,16,21,23-24,31H,11-13,15,30H2,1-4H3,(H,32,34)(H,36,37)/t21-,23-,24-/m0/s1. The van der Waals surface area contributed by atoms with E-state index >= 15 is 0 Å². The van der Waals surface area contributed by atoms with E-state index in [9.17, 15) is 19.5 Å². The molecule has 2 aromatic carbocycles. The lowest BCUT2D eigenvalue weighted by molar-refractivity contribution is -0.146. The predicted molar refractivity (Wildman–Crippen MR) is 147 cm³/mol. The molecule has 2 amide bonds. The molecule has 0 saturated carbocycles. The van der Waals surface area contributed by atoms with Crippen LogP contribution in [0, 0.1) is 5.92 Å². The molecule has 0 spiro atoms. The zero-order chi connectivity index (χ0) is 28.3. The van der Waals surface area contributed by atoms with Crippen LogP contribution in [-0.2, 0) is 33.8 Å². The number of methoxy groups -OCH3 is 2. The van der Waals surface area contributed by atoms with Crippen molar-refractivity contribution in [2.75, 3.05) is 14.2 Å². The van der Waals surface area contributed by atoms with Gasteiger partial charge >= 0.3 is 5.97 Å². The Morgan fingerprint density at radius 3 is 2.41 bits per heavy atom. The number of hydrogen-bond donors (Lipinski definition) is 4. The summed E-state index contributed by atoms with van der Waals surface area (Å²) in [6.45, 7) is 3.83. The van der Waals surface area contributed by atoms with Crippen LogP contribution in [0.15, 0.2) is 42.6 Å². The number of carboxylic acids is 1. The van der Waals surface area contributed by atoms with Crippen molar-refractivity contribution in [2.45, 2.75) is 57.8 Å². The second-order valence-corrected chi connectivity index (χ2v) is 10.3. The van der Waals surface area contributed by atoms with Gasteiger partial charge in [-0.3, -0.25) is 9.59 Å². The number of carbonyl (C=O) groups excluding carboxylic acids is 2. The summed E-state index contributed by atoms with van der Waals surface area (Å²) in [4.78, 5) is 44.0. The molecule has 208 valence electrons. The molecule has 1 aromatic heterocycles. The van der Waals surface area contributed by atoms with Gasteiger partial charge in [0.15, 0.2) is 0 Å². The van der Waals surface area contributed by atoms with Crippen molar-refractivity contribution in [2.24, 2.45) is 11.7 Å². The normalized spacial score (nSPS) is 16.5. The van der Waals surface area contributed by atoms with Crippen molar-refractivity contribution in [3.05, 3.63) is 59.3 Å². The monoisotopic (exact) mass is 536 g/mol. The van der Waals surface area contributed by atoms with Crippen molar-refractivity contribution >= 4 is 28.7 Å². The third kappa shape index (κ3) is 5.85. The minimum atomic E-state index is -1.12. The number of H-pyrrole nitrogens is 1. The summed E-state index contributed by atoms with van der Waals surface area (Å²) in [7, 11) is 3.08. The summed E-state index contributed by atoms with van der Waals surface area (Å²) >= 11 is 0. The number of aromatic amines is 1. The van der Waals surface area contributed by atoms with Gasteiger partial charge in [-0.05, 0) is 42.5 Å². The van der Waals surface area contributed by atoms with Crippen LogP contribution in [0.3, 0.4) is 0 Å². The summed E-state index contributed by atoms with van der Waals surface area (Å²) in [6, 6.07) is 8.29. The lowest BCUT2D eigenvalue weighted by Gasteiger charge is -2.38. The van der Waals surface area contributed by atoms with E-state index in [1.807, 2.05) is 44.3 Å². The Hall–Kier alpha value is -4.05. The van der Waals surface area contributed by atoms with E-state index in [4.69, 9.17) is 15.2 Å². The van der Waals surface area contributed by atoms with E-state index in [1.165, 1.54) is 12.0 Å². The van der Waals surface area contributed by atoms with Crippen molar-refractivity contribution in [1.82, 2.24) is 15.2 Å². The van der Waals surface area contributed by atoms with Crippen LogP contribution < -0.4 is 20.5 Å². The summed E-state index contributed by atoms with van der Waals surface area (Å²) in [6.07, 6.45) is 2.49.